The van der Waals surface area contributed by atoms with Gasteiger partial charge in [0.1, 0.15) is 5.75 Å². The van der Waals surface area contributed by atoms with E-state index < -0.39 is 0 Å². The van der Waals surface area contributed by atoms with Crippen LogP contribution in [0.2, 0.25) is 0 Å². The monoisotopic (exact) mass is 404 g/mol. The lowest BCUT2D eigenvalue weighted by Crippen LogP contribution is -2.26. The number of hydrogen-bond donors (Lipinski definition) is 3. The van der Waals surface area contributed by atoms with E-state index in [0.29, 0.717) is 36.8 Å². The van der Waals surface area contributed by atoms with Gasteiger partial charge in [-0.25, -0.2) is 0 Å². The molecule has 0 aliphatic heterocycles. The van der Waals surface area contributed by atoms with Crippen LogP contribution in [0.5, 0.6) is 5.75 Å². The van der Waals surface area contributed by atoms with Crippen LogP contribution in [-0.4, -0.2) is 32.1 Å². The van der Waals surface area contributed by atoms with Crippen LogP contribution in [0.1, 0.15) is 16.8 Å². The smallest absolute Gasteiger partial charge is 0.251 e. The van der Waals surface area contributed by atoms with E-state index in [4.69, 9.17) is 10.5 Å². The van der Waals surface area contributed by atoms with Crippen LogP contribution in [0.25, 0.3) is 0 Å². The van der Waals surface area contributed by atoms with Crippen LogP contribution < -0.4 is 21.1 Å². The zero-order chi connectivity index (χ0) is 18.1. The van der Waals surface area contributed by atoms with Crippen molar-refractivity contribution in [3.05, 3.63) is 58.6 Å². The Balaban J connectivity index is 1.74. The molecule has 0 saturated carbocycles. The van der Waals surface area contributed by atoms with E-state index in [2.05, 4.69) is 31.6 Å². The average molecular weight is 405 g/mol. The summed E-state index contributed by atoms with van der Waals surface area (Å²) in [5.74, 6) is 0.898. The first-order valence-electron chi connectivity index (χ1n) is 7.84. The molecule has 0 heterocycles. The summed E-state index contributed by atoms with van der Waals surface area (Å²) >= 11 is 3.35. The molecule has 132 valence electrons. The highest BCUT2D eigenvalue weighted by molar-refractivity contribution is 9.10. The number of nitrogens with two attached hydrogens (primary N) is 1. The number of amides is 1. The highest BCUT2D eigenvalue weighted by atomic mass is 79.9. The molecule has 0 aliphatic rings. The minimum absolute atomic E-state index is 0.106. The summed E-state index contributed by atoms with van der Waals surface area (Å²) in [5, 5.41) is 5.86. The van der Waals surface area contributed by atoms with Crippen LogP contribution in [-0.2, 0) is 0 Å². The molecular formula is C18H21BrN4O2. The third-order valence-electron chi connectivity index (χ3n) is 3.36. The van der Waals surface area contributed by atoms with Crippen molar-refractivity contribution in [1.29, 1.82) is 0 Å². The molecule has 0 bridgehead atoms. The Bertz CT molecular complexity index is 749. The van der Waals surface area contributed by atoms with Gasteiger partial charge in [0, 0.05) is 23.1 Å². The van der Waals surface area contributed by atoms with Gasteiger partial charge in [-0.2, -0.15) is 0 Å². The molecule has 2 aromatic rings. The van der Waals surface area contributed by atoms with Gasteiger partial charge < -0.3 is 21.1 Å². The maximum atomic E-state index is 12.0. The molecule has 0 saturated heterocycles. The first kappa shape index (κ1) is 18.8. The van der Waals surface area contributed by atoms with Crippen LogP contribution >= 0.6 is 15.9 Å². The third kappa shape index (κ3) is 6.11. The fraction of sp³-hybridized carbons (Fsp3) is 0.222. The molecule has 4 N–H and O–H groups in total. The van der Waals surface area contributed by atoms with Crippen LogP contribution in [0.15, 0.2) is 58.0 Å². The van der Waals surface area contributed by atoms with E-state index in [1.807, 2.05) is 36.4 Å². The fourth-order valence-corrected chi connectivity index (χ4v) is 2.54. The summed E-state index contributed by atoms with van der Waals surface area (Å²) in [7, 11) is 1.60. The molecule has 0 aromatic heterocycles. The first-order valence-corrected chi connectivity index (χ1v) is 8.63. The summed E-state index contributed by atoms with van der Waals surface area (Å²) in [6, 6.07) is 14.7. The zero-order valence-corrected chi connectivity index (χ0v) is 15.5. The lowest BCUT2D eigenvalue weighted by Gasteiger charge is -2.10. The fourth-order valence-electron chi connectivity index (χ4n) is 2.14. The number of guanidine groups is 1. The van der Waals surface area contributed by atoms with Gasteiger partial charge in [-0.15, -0.1) is 0 Å². The number of para-hydroxylation sites is 2. The van der Waals surface area contributed by atoms with Crippen molar-refractivity contribution in [3.63, 3.8) is 0 Å². The summed E-state index contributed by atoms with van der Waals surface area (Å²) in [6.07, 6.45) is 0.689. The topological polar surface area (TPSA) is 88.7 Å². The second-order valence-corrected chi connectivity index (χ2v) is 6.13. The van der Waals surface area contributed by atoms with E-state index >= 15 is 0 Å². The second-order valence-electron chi connectivity index (χ2n) is 5.21. The molecule has 0 radical (unpaired) electrons. The van der Waals surface area contributed by atoms with E-state index in [-0.39, 0.29) is 5.91 Å². The van der Waals surface area contributed by atoms with Crippen molar-refractivity contribution in [2.45, 2.75) is 6.42 Å². The summed E-state index contributed by atoms with van der Waals surface area (Å²) in [4.78, 5) is 16.2. The average Bonchev–Trinajstić information content (AvgIpc) is 2.61. The number of rotatable bonds is 7. The largest absolute Gasteiger partial charge is 0.495 e. The molecule has 0 unspecified atom stereocenters. The molecule has 2 aromatic carbocycles. The van der Waals surface area contributed by atoms with Crippen molar-refractivity contribution in [2.24, 2.45) is 10.7 Å². The Morgan fingerprint density at radius 1 is 1.24 bits per heavy atom. The van der Waals surface area contributed by atoms with Gasteiger partial charge in [0.25, 0.3) is 5.91 Å². The Morgan fingerprint density at radius 2 is 2.04 bits per heavy atom. The van der Waals surface area contributed by atoms with Gasteiger partial charge in [-0.05, 0) is 36.8 Å². The molecule has 6 nitrogen and oxygen atoms in total. The predicted molar refractivity (Wildman–Crippen MR) is 104 cm³/mol. The number of benzene rings is 2. The highest BCUT2D eigenvalue weighted by Gasteiger charge is 2.05. The number of ether oxygens (including phenoxy) is 1. The Hall–Kier alpha value is -2.54. The SMILES string of the molecule is COc1ccccc1NC(N)=NCCCNC(=O)c1cccc(Br)c1. The number of anilines is 1. The molecule has 0 aliphatic carbocycles. The van der Waals surface area contributed by atoms with Crippen molar-refractivity contribution >= 4 is 33.5 Å². The lowest BCUT2D eigenvalue weighted by molar-refractivity contribution is 0.0953. The Kier molecular flexibility index (Phi) is 7.28. The van der Waals surface area contributed by atoms with Crippen molar-refractivity contribution in [2.75, 3.05) is 25.5 Å². The van der Waals surface area contributed by atoms with E-state index in [0.717, 1.165) is 10.2 Å². The second kappa shape index (κ2) is 9.68. The standard InChI is InChI=1S/C18H21BrN4O2/c1-25-16-9-3-2-8-15(16)23-18(20)22-11-5-10-21-17(24)13-6-4-7-14(19)12-13/h2-4,6-9,12H,5,10-11H2,1H3,(H,21,24)(H3,20,22,23). The molecule has 0 spiro atoms. The summed E-state index contributed by atoms with van der Waals surface area (Å²) < 4.78 is 6.12. The zero-order valence-electron chi connectivity index (χ0n) is 14.0. The Labute approximate surface area is 155 Å². The minimum atomic E-state index is -0.106. The van der Waals surface area contributed by atoms with Gasteiger partial charge in [0.15, 0.2) is 5.96 Å². The van der Waals surface area contributed by atoms with Crippen molar-refractivity contribution in [1.82, 2.24) is 5.32 Å². The quantitative estimate of drug-likeness (QED) is 0.375. The molecule has 7 heteroatoms. The predicted octanol–water partition coefficient (Wildman–Crippen LogP) is 3.00. The first-order chi connectivity index (χ1) is 12.1. The number of nitrogens with zero attached hydrogens (tertiary/aromatic N) is 1. The van der Waals surface area contributed by atoms with Gasteiger partial charge in [-0.1, -0.05) is 34.1 Å². The summed E-state index contributed by atoms with van der Waals surface area (Å²) in [5.41, 5.74) is 7.25. The van der Waals surface area contributed by atoms with Gasteiger partial charge >= 0.3 is 0 Å². The van der Waals surface area contributed by atoms with E-state index in [9.17, 15) is 4.79 Å². The molecule has 25 heavy (non-hydrogen) atoms. The van der Waals surface area contributed by atoms with Gasteiger partial charge in [0.05, 0.1) is 12.8 Å². The number of hydrogen-bond acceptors (Lipinski definition) is 3. The maximum absolute atomic E-state index is 12.0. The number of methoxy groups -OCH3 is 1. The third-order valence-corrected chi connectivity index (χ3v) is 3.85. The van der Waals surface area contributed by atoms with Crippen molar-refractivity contribution < 1.29 is 9.53 Å². The van der Waals surface area contributed by atoms with Crippen LogP contribution in [0.4, 0.5) is 5.69 Å². The number of nitrogens with one attached hydrogen (secondary N) is 2. The number of carbonyl (C=O) groups is 1. The summed E-state index contributed by atoms with van der Waals surface area (Å²) in [6.45, 7) is 1.03. The highest BCUT2D eigenvalue weighted by Crippen LogP contribution is 2.22. The Morgan fingerprint density at radius 3 is 2.80 bits per heavy atom. The number of carbonyl (C=O) groups excluding carboxylic acids is 1. The molecule has 1 amide bonds. The maximum Gasteiger partial charge on any atom is 0.251 e. The lowest BCUT2D eigenvalue weighted by atomic mass is 10.2. The number of halogens is 1. The van der Waals surface area contributed by atoms with Gasteiger partial charge in [-0.3, -0.25) is 9.79 Å². The number of aliphatic imine (C=N–C) groups is 1. The normalized spacial score (nSPS) is 11.0. The molecule has 2 rings (SSSR count). The molecule has 0 fully saturated rings. The van der Waals surface area contributed by atoms with Crippen LogP contribution in [0, 0.1) is 0 Å². The van der Waals surface area contributed by atoms with Crippen molar-refractivity contribution in [3.8, 4) is 5.75 Å². The molecular weight excluding hydrogens is 384 g/mol. The van der Waals surface area contributed by atoms with E-state index in [1.165, 1.54) is 0 Å². The molecule has 0 atom stereocenters. The van der Waals surface area contributed by atoms with Gasteiger partial charge in [0.2, 0.25) is 0 Å². The van der Waals surface area contributed by atoms with E-state index in [1.54, 1.807) is 19.2 Å². The minimum Gasteiger partial charge on any atom is -0.495 e. The van der Waals surface area contributed by atoms with Crippen LogP contribution in [0.3, 0.4) is 0 Å².